The van der Waals surface area contributed by atoms with E-state index in [0.29, 0.717) is 122 Å². The highest BCUT2D eigenvalue weighted by Gasteiger charge is 2.37. The van der Waals surface area contributed by atoms with E-state index in [4.69, 9.17) is 29.4 Å². The van der Waals surface area contributed by atoms with Crippen LogP contribution < -0.4 is 16.4 Å². The number of ether oxygens (including phenoxy) is 5. The number of unbranched alkanes of at least 4 members (excludes halogenated alkanes) is 2. The summed E-state index contributed by atoms with van der Waals surface area (Å²) in [7, 11) is 0. The van der Waals surface area contributed by atoms with Crippen LogP contribution in [0.25, 0.3) is 11.1 Å². The van der Waals surface area contributed by atoms with E-state index in [2.05, 4.69) is 10.6 Å². The molecule has 4 rings (SSSR count). The molecule has 0 saturated heterocycles. The lowest BCUT2D eigenvalue weighted by atomic mass is 9.83. The van der Waals surface area contributed by atoms with Crippen molar-refractivity contribution < 1.29 is 61.2 Å². The fourth-order valence-electron chi connectivity index (χ4n) is 7.67. The van der Waals surface area contributed by atoms with Crippen LogP contribution in [0.15, 0.2) is 72.9 Å². The summed E-state index contributed by atoms with van der Waals surface area (Å²) in [5, 5.41) is 5.63. The van der Waals surface area contributed by atoms with Gasteiger partial charge in [-0.1, -0.05) is 57.5 Å². The van der Waals surface area contributed by atoms with Gasteiger partial charge in [0.25, 0.3) is 11.8 Å². The first-order chi connectivity index (χ1) is 34.1. The number of nitrogens with one attached hydrogen (secondary N) is 2. The Morgan fingerprint density at radius 1 is 0.746 bits per heavy atom. The van der Waals surface area contributed by atoms with Crippen LogP contribution in [-0.4, -0.2) is 147 Å². The van der Waals surface area contributed by atoms with Crippen LogP contribution in [-0.2, 0) is 54.2 Å². The van der Waals surface area contributed by atoms with Gasteiger partial charge in [-0.3, -0.25) is 28.9 Å². The molecule has 71 heavy (non-hydrogen) atoms. The number of amides is 6. The van der Waals surface area contributed by atoms with Crippen molar-refractivity contribution in [2.24, 2.45) is 11.1 Å². The second kappa shape index (κ2) is 31.6. The smallest absolute Gasteiger partial charge is 0.404 e. The van der Waals surface area contributed by atoms with E-state index in [-0.39, 0.29) is 60.4 Å². The number of benzene rings is 2. The molecule has 0 fully saturated rings. The van der Waals surface area contributed by atoms with E-state index in [1.807, 2.05) is 55.7 Å². The minimum absolute atomic E-state index is 0.00939. The summed E-state index contributed by atoms with van der Waals surface area (Å²) in [5.74, 6) is -1.77. The SMILES string of the molecule is CC(C)(C)[C@H](c1cc(-c2cc(F)ccc2F)cn1Cc1ccccc1)N(CCCOC(N)=O)C(=O)CSCCC(=O)NCCOCCOCCOCCOCCNC(=O)CCCCCN1C(=O)C=CC1=O. The Morgan fingerprint density at radius 2 is 1.35 bits per heavy atom. The summed E-state index contributed by atoms with van der Waals surface area (Å²) in [5.41, 5.74) is 6.88. The number of nitrogens with two attached hydrogens (primary N) is 1. The number of halogens is 2. The maximum absolute atomic E-state index is 15.2. The van der Waals surface area contributed by atoms with Crippen molar-refractivity contribution in [3.8, 4) is 11.1 Å². The minimum Gasteiger partial charge on any atom is -0.450 e. The number of hydrogen-bond acceptors (Lipinski definition) is 12. The van der Waals surface area contributed by atoms with E-state index in [0.717, 1.165) is 30.2 Å². The average Bonchev–Trinajstić information content (AvgIpc) is 3.88. The fourth-order valence-corrected chi connectivity index (χ4v) is 8.49. The third-order valence-corrected chi connectivity index (χ3v) is 12.0. The first kappa shape index (κ1) is 57.9. The Hall–Kier alpha value is -5.67. The highest BCUT2D eigenvalue weighted by Crippen LogP contribution is 2.41. The molecule has 0 unspecified atom stereocenters. The van der Waals surface area contributed by atoms with Gasteiger partial charge in [0.15, 0.2) is 0 Å². The van der Waals surface area contributed by atoms with Crippen LogP contribution >= 0.6 is 11.8 Å². The third-order valence-electron chi connectivity index (χ3n) is 11.0. The quantitative estimate of drug-likeness (QED) is 0.0473. The Labute approximate surface area is 419 Å². The number of carbonyl (C=O) groups is 6. The minimum atomic E-state index is -0.922. The molecular weight excluding hydrogens is 943 g/mol. The molecule has 2 heterocycles. The van der Waals surface area contributed by atoms with Gasteiger partial charge in [0.05, 0.1) is 71.3 Å². The van der Waals surface area contributed by atoms with Crippen LogP contribution in [0.3, 0.4) is 0 Å². The standard InChI is InChI=1S/C51H70F2N6O11S/c1-51(2,3)49(43-33-39(41-34-40(52)14-15-42(41)53)36-57(43)35-38-11-6-4-7-12-38)59(22-10-23-70-50(54)65)48(64)37-71-32-18-45(61)56-20-25-67-27-29-69-31-30-68-28-26-66-24-19-55-44(60)13-8-5-9-21-58-46(62)16-17-47(58)63/h4,6-7,11-12,14-17,33-34,36,49H,5,8-10,13,18-32,35,37H2,1-3H3,(H2,54,65)(H,55,60)(H,56,61)/t49-/m0/s1. The second-order valence-corrected chi connectivity index (χ2v) is 18.8. The van der Waals surface area contributed by atoms with Crippen molar-refractivity contribution in [3.05, 3.63) is 95.8 Å². The molecule has 0 spiro atoms. The highest BCUT2D eigenvalue weighted by atomic mass is 32.2. The molecule has 6 amide bonds. The highest BCUT2D eigenvalue weighted by molar-refractivity contribution is 7.99. The van der Waals surface area contributed by atoms with Gasteiger partial charge in [0, 0.05) is 86.5 Å². The van der Waals surface area contributed by atoms with Crippen molar-refractivity contribution in [2.45, 2.75) is 71.9 Å². The van der Waals surface area contributed by atoms with Crippen LogP contribution in [0.2, 0.25) is 0 Å². The van der Waals surface area contributed by atoms with Crippen LogP contribution in [0, 0.1) is 17.0 Å². The zero-order chi connectivity index (χ0) is 51.4. The Kier molecular flexibility index (Phi) is 25.8. The van der Waals surface area contributed by atoms with Crippen molar-refractivity contribution in [1.82, 2.24) is 25.0 Å². The Balaban J connectivity index is 1.09. The van der Waals surface area contributed by atoms with E-state index >= 15 is 4.39 Å². The lowest BCUT2D eigenvalue weighted by molar-refractivity contribution is -0.137. The maximum Gasteiger partial charge on any atom is 0.404 e. The van der Waals surface area contributed by atoms with Gasteiger partial charge in [-0.2, -0.15) is 11.8 Å². The molecule has 0 bridgehead atoms. The molecule has 0 saturated carbocycles. The number of carbonyl (C=O) groups excluding carboxylic acids is 6. The number of primary amides is 1. The first-order valence-electron chi connectivity index (χ1n) is 24.0. The van der Waals surface area contributed by atoms with Crippen molar-refractivity contribution in [2.75, 3.05) is 97.1 Å². The van der Waals surface area contributed by atoms with Gasteiger partial charge in [-0.15, -0.1) is 0 Å². The predicted molar refractivity (Wildman–Crippen MR) is 265 cm³/mol. The molecule has 20 heteroatoms. The molecular formula is C51H70F2N6O11S. The van der Waals surface area contributed by atoms with Gasteiger partial charge in [0.2, 0.25) is 17.7 Å². The molecule has 390 valence electrons. The van der Waals surface area contributed by atoms with Crippen LogP contribution in [0.4, 0.5) is 13.6 Å². The number of imide groups is 1. The lowest BCUT2D eigenvalue weighted by Gasteiger charge is -2.41. The molecule has 17 nitrogen and oxygen atoms in total. The molecule has 1 aliphatic rings. The van der Waals surface area contributed by atoms with E-state index in [1.165, 1.54) is 28.8 Å². The van der Waals surface area contributed by atoms with Gasteiger partial charge in [-0.25, -0.2) is 13.6 Å². The average molecular weight is 1010 g/mol. The predicted octanol–water partition coefficient (Wildman–Crippen LogP) is 5.79. The van der Waals surface area contributed by atoms with E-state index < -0.39 is 29.2 Å². The normalized spacial score (nSPS) is 12.9. The number of nitrogens with zero attached hydrogens (tertiary/aromatic N) is 3. The molecule has 3 aromatic rings. The number of rotatable bonds is 35. The third kappa shape index (κ3) is 21.7. The zero-order valence-electron chi connectivity index (χ0n) is 41.1. The summed E-state index contributed by atoms with van der Waals surface area (Å²) >= 11 is 1.32. The number of hydrogen-bond donors (Lipinski definition) is 3. The maximum atomic E-state index is 15.2. The van der Waals surface area contributed by atoms with Crippen molar-refractivity contribution in [3.63, 3.8) is 0 Å². The fraction of sp³-hybridized carbons (Fsp3) is 0.529. The van der Waals surface area contributed by atoms with Gasteiger partial charge < -0.3 is 49.5 Å². The summed E-state index contributed by atoms with van der Waals surface area (Å²) in [6, 6.07) is 14.2. The molecule has 1 atom stereocenters. The Bertz CT molecular complexity index is 2170. The van der Waals surface area contributed by atoms with Crippen LogP contribution in [0.5, 0.6) is 0 Å². The van der Waals surface area contributed by atoms with Gasteiger partial charge in [0.1, 0.15) is 11.6 Å². The summed E-state index contributed by atoms with van der Waals surface area (Å²) in [6.45, 7) is 10.5. The molecule has 4 N–H and O–H groups in total. The van der Waals surface area contributed by atoms with Gasteiger partial charge in [-0.05, 0) is 54.5 Å². The molecule has 0 radical (unpaired) electrons. The van der Waals surface area contributed by atoms with Crippen molar-refractivity contribution in [1.29, 1.82) is 0 Å². The molecule has 1 aliphatic heterocycles. The van der Waals surface area contributed by atoms with E-state index in [1.54, 1.807) is 17.2 Å². The second-order valence-electron chi connectivity index (χ2n) is 17.7. The van der Waals surface area contributed by atoms with Crippen LogP contribution in [0.1, 0.15) is 76.6 Å². The molecule has 0 aliphatic carbocycles. The van der Waals surface area contributed by atoms with E-state index in [9.17, 15) is 33.2 Å². The zero-order valence-corrected chi connectivity index (χ0v) is 42.0. The number of aromatic nitrogens is 1. The number of thioether (sulfide) groups is 1. The molecule has 1 aromatic heterocycles. The summed E-state index contributed by atoms with van der Waals surface area (Å²) in [6.07, 6.45) is 6.28. The lowest BCUT2D eigenvalue weighted by Crippen LogP contribution is -2.44. The summed E-state index contributed by atoms with van der Waals surface area (Å²) < 4.78 is 58.6. The first-order valence-corrected chi connectivity index (χ1v) is 25.2. The largest absolute Gasteiger partial charge is 0.450 e. The monoisotopic (exact) mass is 1010 g/mol. The Morgan fingerprint density at radius 3 is 1.96 bits per heavy atom. The topological polar surface area (TPSA) is 210 Å². The van der Waals surface area contributed by atoms with Gasteiger partial charge >= 0.3 is 6.09 Å². The molecule has 2 aromatic carbocycles. The summed E-state index contributed by atoms with van der Waals surface area (Å²) in [4.78, 5) is 76.3. The van der Waals surface area contributed by atoms with Crippen molar-refractivity contribution >= 4 is 47.4 Å².